The second kappa shape index (κ2) is 10.6. The van der Waals surface area contributed by atoms with E-state index in [0.29, 0.717) is 0 Å². The van der Waals surface area contributed by atoms with Crippen LogP contribution < -0.4 is 0 Å². The molecule has 0 bridgehead atoms. The summed E-state index contributed by atoms with van der Waals surface area (Å²) in [5.41, 5.74) is 9.84. The standard InChI is InChI=1S/C46H28O2/c1-2-10-30(11-3-1)43-36-14-6-8-16-38(36)44(39-17-9-7-15-37(39)43)31-19-21-32(22-20-31)45-40-26-33-12-4-5-13-34(33)27-42(40)48-46(45)35-23-18-29-24-25-47-41(29)28-35/h1-28H. The Morgan fingerprint density at radius 3 is 1.48 bits per heavy atom. The van der Waals surface area contributed by atoms with Gasteiger partial charge in [-0.2, -0.15) is 0 Å². The van der Waals surface area contributed by atoms with E-state index in [1.165, 1.54) is 49.2 Å². The summed E-state index contributed by atoms with van der Waals surface area (Å²) in [6, 6.07) is 58.6. The fraction of sp³-hybridized carbons (Fsp3) is 0. The second-order valence-electron chi connectivity index (χ2n) is 12.5. The van der Waals surface area contributed by atoms with Gasteiger partial charge in [-0.15, -0.1) is 0 Å². The van der Waals surface area contributed by atoms with Crippen molar-refractivity contribution in [3.63, 3.8) is 0 Å². The largest absolute Gasteiger partial charge is 0.464 e. The summed E-state index contributed by atoms with van der Waals surface area (Å²) in [5.74, 6) is 0.842. The first kappa shape index (κ1) is 26.8. The predicted molar refractivity (Wildman–Crippen MR) is 200 cm³/mol. The Morgan fingerprint density at radius 2 is 0.833 bits per heavy atom. The molecule has 0 aliphatic rings. The molecule has 0 aliphatic heterocycles. The molecule has 2 aromatic heterocycles. The summed E-state index contributed by atoms with van der Waals surface area (Å²) >= 11 is 0. The average molecular weight is 613 g/mol. The van der Waals surface area contributed by atoms with Gasteiger partial charge in [-0.1, -0.05) is 140 Å². The van der Waals surface area contributed by atoms with E-state index in [4.69, 9.17) is 8.83 Å². The minimum absolute atomic E-state index is 0.842. The fourth-order valence-electron chi connectivity index (χ4n) is 7.53. The van der Waals surface area contributed by atoms with Gasteiger partial charge in [0.2, 0.25) is 0 Å². The van der Waals surface area contributed by atoms with E-state index in [1.54, 1.807) is 6.26 Å². The number of hydrogen-bond acceptors (Lipinski definition) is 2. The lowest BCUT2D eigenvalue weighted by molar-refractivity contribution is 0.614. The van der Waals surface area contributed by atoms with Crippen LogP contribution in [0.25, 0.3) is 99.0 Å². The first-order valence-electron chi connectivity index (χ1n) is 16.3. The van der Waals surface area contributed by atoms with Gasteiger partial charge in [-0.25, -0.2) is 0 Å². The maximum absolute atomic E-state index is 6.72. The molecule has 0 amide bonds. The van der Waals surface area contributed by atoms with Crippen LogP contribution in [0.5, 0.6) is 0 Å². The van der Waals surface area contributed by atoms with Crippen molar-refractivity contribution in [1.82, 2.24) is 0 Å². The molecule has 0 aliphatic carbocycles. The molecule has 0 unspecified atom stereocenters. The van der Waals surface area contributed by atoms with Crippen molar-refractivity contribution in [2.24, 2.45) is 0 Å². The van der Waals surface area contributed by atoms with Crippen LogP contribution in [-0.2, 0) is 0 Å². The molecule has 0 atom stereocenters. The Labute approximate surface area is 277 Å². The molecule has 0 saturated carbocycles. The van der Waals surface area contributed by atoms with Gasteiger partial charge in [0.05, 0.1) is 6.26 Å². The molecule has 2 heteroatoms. The number of fused-ring (bicyclic) bond motifs is 5. The van der Waals surface area contributed by atoms with Gasteiger partial charge in [0.15, 0.2) is 0 Å². The number of hydrogen-bond donors (Lipinski definition) is 0. The van der Waals surface area contributed by atoms with E-state index in [-0.39, 0.29) is 0 Å². The van der Waals surface area contributed by atoms with E-state index in [0.717, 1.165) is 49.8 Å². The van der Waals surface area contributed by atoms with Crippen molar-refractivity contribution in [2.45, 2.75) is 0 Å². The first-order chi connectivity index (χ1) is 23.8. The van der Waals surface area contributed by atoms with Crippen LogP contribution in [0.2, 0.25) is 0 Å². The maximum Gasteiger partial charge on any atom is 0.143 e. The maximum atomic E-state index is 6.72. The highest BCUT2D eigenvalue weighted by Crippen LogP contribution is 2.46. The van der Waals surface area contributed by atoms with Crippen LogP contribution in [0.3, 0.4) is 0 Å². The molecular formula is C46H28O2. The average Bonchev–Trinajstić information content (AvgIpc) is 3.77. The van der Waals surface area contributed by atoms with Crippen LogP contribution in [0.1, 0.15) is 0 Å². The quantitative estimate of drug-likeness (QED) is 0.185. The Kier molecular flexibility index (Phi) is 5.91. The van der Waals surface area contributed by atoms with Crippen molar-refractivity contribution in [1.29, 1.82) is 0 Å². The zero-order valence-corrected chi connectivity index (χ0v) is 26.0. The van der Waals surface area contributed by atoms with Gasteiger partial charge in [0, 0.05) is 21.9 Å². The molecule has 0 spiro atoms. The minimum Gasteiger partial charge on any atom is -0.464 e. The van der Waals surface area contributed by atoms with Crippen molar-refractivity contribution < 1.29 is 8.83 Å². The number of furan rings is 2. The summed E-state index contributed by atoms with van der Waals surface area (Å²) in [6.45, 7) is 0. The third-order valence-corrected chi connectivity index (χ3v) is 9.73. The van der Waals surface area contributed by atoms with Crippen LogP contribution in [0.4, 0.5) is 0 Å². The Balaban J connectivity index is 1.20. The first-order valence-corrected chi connectivity index (χ1v) is 16.3. The zero-order valence-electron chi connectivity index (χ0n) is 26.0. The van der Waals surface area contributed by atoms with Gasteiger partial charge in [0.25, 0.3) is 0 Å². The lowest BCUT2D eigenvalue weighted by Gasteiger charge is -2.18. The molecule has 224 valence electrons. The van der Waals surface area contributed by atoms with Crippen molar-refractivity contribution in [2.75, 3.05) is 0 Å². The summed E-state index contributed by atoms with van der Waals surface area (Å²) in [5, 5.41) is 9.52. The van der Waals surface area contributed by atoms with Gasteiger partial charge >= 0.3 is 0 Å². The van der Waals surface area contributed by atoms with E-state index in [2.05, 4.69) is 158 Å². The third-order valence-electron chi connectivity index (χ3n) is 9.73. The van der Waals surface area contributed by atoms with Crippen LogP contribution >= 0.6 is 0 Å². The SMILES string of the molecule is c1ccc(-c2c3ccccc3c(-c3ccc(-c4c(-c5ccc6ccoc6c5)oc5cc6ccccc6cc45)cc3)c3ccccc23)cc1. The number of benzene rings is 8. The predicted octanol–water partition coefficient (Wildman–Crippen LogP) is 13.3. The van der Waals surface area contributed by atoms with E-state index in [9.17, 15) is 0 Å². The molecule has 0 fully saturated rings. The van der Waals surface area contributed by atoms with E-state index >= 15 is 0 Å². The van der Waals surface area contributed by atoms with Gasteiger partial charge in [-0.3, -0.25) is 0 Å². The Hall–Kier alpha value is -6.38. The lowest BCUT2D eigenvalue weighted by atomic mass is 9.85. The molecule has 0 radical (unpaired) electrons. The van der Waals surface area contributed by atoms with Gasteiger partial charge < -0.3 is 8.83 Å². The van der Waals surface area contributed by atoms with Crippen molar-refractivity contribution in [3.05, 3.63) is 170 Å². The van der Waals surface area contributed by atoms with Gasteiger partial charge in [0.1, 0.15) is 16.9 Å². The molecule has 0 saturated heterocycles. The highest BCUT2D eigenvalue weighted by atomic mass is 16.3. The molecule has 10 aromatic rings. The van der Waals surface area contributed by atoms with Crippen LogP contribution in [-0.4, -0.2) is 0 Å². The zero-order chi connectivity index (χ0) is 31.6. The third kappa shape index (κ3) is 4.13. The lowest BCUT2D eigenvalue weighted by Crippen LogP contribution is -1.91. The highest BCUT2D eigenvalue weighted by molar-refractivity contribution is 6.21. The van der Waals surface area contributed by atoms with Crippen LogP contribution in [0.15, 0.2) is 179 Å². The van der Waals surface area contributed by atoms with Crippen molar-refractivity contribution in [3.8, 4) is 44.7 Å². The smallest absolute Gasteiger partial charge is 0.143 e. The molecular weight excluding hydrogens is 585 g/mol. The molecule has 2 heterocycles. The minimum atomic E-state index is 0.842. The monoisotopic (exact) mass is 612 g/mol. The Bertz CT molecular complexity index is 2760. The van der Waals surface area contributed by atoms with E-state index < -0.39 is 0 Å². The number of rotatable bonds is 4. The highest BCUT2D eigenvalue weighted by Gasteiger charge is 2.21. The Morgan fingerprint density at radius 1 is 0.312 bits per heavy atom. The molecule has 0 N–H and O–H groups in total. The van der Waals surface area contributed by atoms with E-state index in [1.807, 2.05) is 6.07 Å². The van der Waals surface area contributed by atoms with Gasteiger partial charge in [-0.05, 0) is 84.4 Å². The summed E-state index contributed by atoms with van der Waals surface area (Å²) in [6.07, 6.45) is 1.74. The van der Waals surface area contributed by atoms with Crippen LogP contribution in [0, 0.1) is 0 Å². The molecule has 10 rings (SSSR count). The second-order valence-corrected chi connectivity index (χ2v) is 12.5. The summed E-state index contributed by atoms with van der Waals surface area (Å²) < 4.78 is 12.5. The molecule has 48 heavy (non-hydrogen) atoms. The molecule has 8 aromatic carbocycles. The summed E-state index contributed by atoms with van der Waals surface area (Å²) in [7, 11) is 0. The summed E-state index contributed by atoms with van der Waals surface area (Å²) in [4.78, 5) is 0. The fourth-order valence-corrected chi connectivity index (χ4v) is 7.53. The topological polar surface area (TPSA) is 26.3 Å². The normalized spacial score (nSPS) is 11.8. The molecule has 2 nitrogen and oxygen atoms in total. The van der Waals surface area contributed by atoms with Crippen molar-refractivity contribution >= 4 is 54.3 Å².